The SMILES string of the molecule is Cc1ccc(-c2nccnc2C(=O)N(CCNC(=O)OC(C)(C)C)CCC2=CN=C3CC=C(F)C=C23)cc1C. The van der Waals surface area contributed by atoms with Crippen LogP contribution in [0.2, 0.25) is 0 Å². The lowest BCUT2D eigenvalue weighted by Crippen LogP contribution is -2.41. The highest BCUT2D eigenvalue weighted by atomic mass is 19.1. The van der Waals surface area contributed by atoms with E-state index in [4.69, 9.17) is 4.74 Å². The van der Waals surface area contributed by atoms with Crippen LogP contribution in [0.3, 0.4) is 0 Å². The van der Waals surface area contributed by atoms with E-state index < -0.39 is 11.7 Å². The fraction of sp³-hybridized carbons (Fsp3) is 0.367. The van der Waals surface area contributed by atoms with Crippen molar-refractivity contribution >= 4 is 17.7 Å². The molecule has 8 nitrogen and oxygen atoms in total. The van der Waals surface area contributed by atoms with Crippen molar-refractivity contribution < 1.29 is 18.7 Å². The lowest BCUT2D eigenvalue weighted by atomic mass is 9.95. The lowest BCUT2D eigenvalue weighted by molar-refractivity contribution is 0.0513. The van der Waals surface area contributed by atoms with Crippen LogP contribution < -0.4 is 5.32 Å². The minimum Gasteiger partial charge on any atom is -0.444 e. The zero-order valence-electron chi connectivity index (χ0n) is 23.0. The quantitative estimate of drug-likeness (QED) is 0.476. The number of alkyl carbamates (subject to hydrolysis) is 1. The van der Waals surface area contributed by atoms with Crippen LogP contribution in [0.25, 0.3) is 11.3 Å². The molecule has 0 saturated carbocycles. The Hall–Kier alpha value is -4.14. The fourth-order valence-corrected chi connectivity index (χ4v) is 4.33. The van der Waals surface area contributed by atoms with Gasteiger partial charge in [-0.25, -0.2) is 14.2 Å². The first-order valence-electron chi connectivity index (χ1n) is 13.0. The van der Waals surface area contributed by atoms with Crippen LogP contribution in [0.5, 0.6) is 0 Å². The third-order valence-corrected chi connectivity index (χ3v) is 6.48. The Bertz CT molecular complexity index is 1400. The number of amides is 2. The summed E-state index contributed by atoms with van der Waals surface area (Å²) < 4.78 is 19.3. The molecule has 1 aromatic heterocycles. The van der Waals surface area contributed by atoms with Gasteiger partial charge in [0.05, 0.1) is 5.71 Å². The van der Waals surface area contributed by atoms with E-state index >= 15 is 0 Å². The normalized spacial score (nSPS) is 14.5. The molecule has 0 atom stereocenters. The summed E-state index contributed by atoms with van der Waals surface area (Å²) in [7, 11) is 0. The van der Waals surface area contributed by atoms with Crippen molar-refractivity contribution in [1.29, 1.82) is 0 Å². The van der Waals surface area contributed by atoms with Gasteiger partial charge in [-0.05, 0) is 76.0 Å². The van der Waals surface area contributed by atoms with Gasteiger partial charge in [-0.2, -0.15) is 0 Å². The average Bonchev–Trinajstić information content (AvgIpc) is 3.28. The minimum atomic E-state index is -0.635. The molecule has 0 radical (unpaired) electrons. The number of fused-ring (bicyclic) bond motifs is 1. The summed E-state index contributed by atoms with van der Waals surface area (Å²) in [5.74, 6) is -0.602. The van der Waals surface area contributed by atoms with Crippen molar-refractivity contribution in [2.24, 2.45) is 4.99 Å². The molecule has 0 saturated heterocycles. The third kappa shape index (κ3) is 7.04. The summed E-state index contributed by atoms with van der Waals surface area (Å²) in [6.07, 6.45) is 8.13. The van der Waals surface area contributed by atoms with Crippen LogP contribution >= 0.6 is 0 Å². The van der Waals surface area contributed by atoms with Gasteiger partial charge in [-0.3, -0.25) is 14.8 Å². The van der Waals surface area contributed by atoms with Crippen molar-refractivity contribution in [2.45, 2.75) is 53.1 Å². The Labute approximate surface area is 228 Å². The smallest absolute Gasteiger partial charge is 0.407 e. The summed E-state index contributed by atoms with van der Waals surface area (Å²) in [6, 6.07) is 5.91. The zero-order valence-corrected chi connectivity index (χ0v) is 23.0. The number of aromatic nitrogens is 2. The number of hydrogen-bond donors (Lipinski definition) is 1. The number of benzene rings is 1. The maximum Gasteiger partial charge on any atom is 0.407 e. The van der Waals surface area contributed by atoms with E-state index in [1.54, 1.807) is 38.1 Å². The van der Waals surface area contributed by atoms with E-state index in [0.29, 0.717) is 25.1 Å². The highest BCUT2D eigenvalue weighted by Gasteiger charge is 2.26. The number of hydrogen-bond acceptors (Lipinski definition) is 6. The molecule has 0 bridgehead atoms. The van der Waals surface area contributed by atoms with Crippen molar-refractivity contribution in [3.8, 4) is 11.3 Å². The number of ether oxygens (including phenoxy) is 1. The number of carbonyl (C=O) groups is 2. The van der Waals surface area contributed by atoms with Gasteiger partial charge in [0.2, 0.25) is 0 Å². The van der Waals surface area contributed by atoms with Gasteiger partial charge >= 0.3 is 6.09 Å². The topological polar surface area (TPSA) is 96.8 Å². The van der Waals surface area contributed by atoms with Gasteiger partial charge < -0.3 is 15.0 Å². The first-order chi connectivity index (χ1) is 18.5. The van der Waals surface area contributed by atoms with Gasteiger partial charge in [-0.1, -0.05) is 12.1 Å². The van der Waals surface area contributed by atoms with Crippen molar-refractivity contribution in [1.82, 2.24) is 20.2 Å². The van der Waals surface area contributed by atoms with Crippen LogP contribution in [0.4, 0.5) is 9.18 Å². The molecule has 204 valence electrons. The molecule has 2 amide bonds. The summed E-state index contributed by atoms with van der Waals surface area (Å²) in [5, 5.41) is 2.72. The van der Waals surface area contributed by atoms with E-state index in [9.17, 15) is 14.0 Å². The molecule has 2 aromatic rings. The molecule has 0 unspecified atom stereocenters. The number of nitrogens with zero attached hydrogens (tertiary/aromatic N) is 4. The lowest BCUT2D eigenvalue weighted by Gasteiger charge is -2.25. The average molecular weight is 532 g/mol. The van der Waals surface area contributed by atoms with Crippen molar-refractivity contribution in [3.63, 3.8) is 0 Å². The molecular weight excluding hydrogens is 497 g/mol. The predicted octanol–water partition coefficient (Wildman–Crippen LogP) is 5.64. The molecule has 2 heterocycles. The van der Waals surface area contributed by atoms with Gasteiger partial charge in [0, 0.05) is 55.8 Å². The Morgan fingerprint density at radius 2 is 1.87 bits per heavy atom. The second-order valence-corrected chi connectivity index (χ2v) is 10.6. The standard InChI is InChI=1S/C30H34FN5O3/c1-19-6-7-21(16-20(19)2)26-27(33-12-11-32-26)28(37)36(15-13-34-29(38)39-30(3,4)5)14-10-22-18-35-25-9-8-23(31)17-24(22)25/h6-8,11-12,16-18H,9-10,13-15H2,1-5H3,(H,34,38). The molecule has 39 heavy (non-hydrogen) atoms. The van der Waals surface area contributed by atoms with Crippen LogP contribution in [-0.2, 0) is 4.74 Å². The first-order valence-corrected chi connectivity index (χ1v) is 13.0. The van der Waals surface area contributed by atoms with Gasteiger partial charge in [0.1, 0.15) is 17.1 Å². The molecule has 1 aromatic carbocycles. The summed E-state index contributed by atoms with van der Waals surface area (Å²) in [6.45, 7) is 10.1. The number of aliphatic imine (C=N–C) groups is 1. The molecule has 1 aliphatic heterocycles. The third-order valence-electron chi connectivity index (χ3n) is 6.48. The van der Waals surface area contributed by atoms with Crippen molar-refractivity contribution in [2.75, 3.05) is 19.6 Å². The van der Waals surface area contributed by atoms with E-state index in [1.807, 2.05) is 32.0 Å². The van der Waals surface area contributed by atoms with Crippen LogP contribution in [0.1, 0.15) is 55.2 Å². The second kappa shape index (κ2) is 11.7. The predicted molar refractivity (Wildman–Crippen MR) is 149 cm³/mol. The first kappa shape index (κ1) is 27.9. The number of rotatable bonds is 8. The van der Waals surface area contributed by atoms with E-state index in [2.05, 4.69) is 20.3 Å². The molecule has 4 rings (SSSR count). The summed E-state index contributed by atoms with van der Waals surface area (Å²) in [5.41, 5.74) is 5.55. The number of aryl methyl sites for hydroxylation is 2. The summed E-state index contributed by atoms with van der Waals surface area (Å²) >= 11 is 0. The highest BCUT2D eigenvalue weighted by molar-refractivity contribution is 6.08. The maximum atomic E-state index is 13.9. The van der Waals surface area contributed by atoms with Crippen molar-refractivity contribution in [3.05, 3.63) is 82.7 Å². The number of nitrogens with one attached hydrogen (secondary N) is 1. The van der Waals surface area contributed by atoms with Gasteiger partial charge in [-0.15, -0.1) is 0 Å². The fourth-order valence-electron chi connectivity index (χ4n) is 4.33. The zero-order chi connectivity index (χ0) is 28.2. The monoisotopic (exact) mass is 531 g/mol. The van der Waals surface area contributed by atoms with E-state index in [1.165, 1.54) is 18.3 Å². The van der Waals surface area contributed by atoms with E-state index in [0.717, 1.165) is 33.5 Å². The largest absolute Gasteiger partial charge is 0.444 e. The van der Waals surface area contributed by atoms with E-state index in [-0.39, 0.29) is 30.5 Å². The maximum absolute atomic E-state index is 13.9. The molecular formula is C30H34FN5O3. The Kier molecular flexibility index (Phi) is 8.38. The molecule has 2 aliphatic rings. The molecule has 1 aliphatic carbocycles. The summed E-state index contributed by atoms with van der Waals surface area (Å²) in [4.78, 5) is 41.0. The Morgan fingerprint density at radius 3 is 2.62 bits per heavy atom. The number of allylic oxidation sites excluding steroid dienone is 4. The minimum absolute atomic E-state index is 0.181. The highest BCUT2D eigenvalue weighted by Crippen LogP contribution is 2.30. The van der Waals surface area contributed by atoms with Gasteiger partial charge in [0.25, 0.3) is 5.91 Å². The number of halogens is 1. The molecule has 0 fully saturated rings. The Balaban J connectivity index is 1.55. The van der Waals surface area contributed by atoms with Gasteiger partial charge in [0.15, 0.2) is 5.69 Å². The molecule has 0 spiro atoms. The van der Waals surface area contributed by atoms with Crippen LogP contribution in [0, 0.1) is 13.8 Å². The van der Waals surface area contributed by atoms with Crippen LogP contribution in [0.15, 0.2) is 70.9 Å². The Morgan fingerprint density at radius 1 is 1.10 bits per heavy atom. The van der Waals surface area contributed by atoms with Crippen LogP contribution in [-0.4, -0.2) is 57.8 Å². The second-order valence-electron chi connectivity index (χ2n) is 10.6. The number of carbonyl (C=O) groups excluding carboxylic acids is 2. The molecule has 1 N–H and O–H groups in total. The molecule has 9 heteroatoms.